The van der Waals surface area contributed by atoms with E-state index in [4.69, 9.17) is 25.9 Å². The van der Waals surface area contributed by atoms with Crippen LogP contribution < -0.4 is 10.2 Å². The van der Waals surface area contributed by atoms with Crippen LogP contribution in [0.15, 0.2) is 60.8 Å². The van der Waals surface area contributed by atoms with Crippen LogP contribution in [-0.4, -0.2) is 19.2 Å². The maximum absolute atomic E-state index is 12.2. The Morgan fingerprint density at radius 2 is 1.92 bits per heavy atom. The fraction of sp³-hybridized carbons (Fsp3) is 0.250. The van der Waals surface area contributed by atoms with Gasteiger partial charge < -0.3 is 9.47 Å². The van der Waals surface area contributed by atoms with Gasteiger partial charge in [0.15, 0.2) is 0 Å². The first-order valence-electron chi connectivity index (χ1n) is 8.22. The van der Waals surface area contributed by atoms with Crippen LogP contribution in [0.2, 0.25) is 5.02 Å². The summed E-state index contributed by atoms with van der Waals surface area (Å²) in [6.07, 6.45) is 0.667. The Kier molecular flexibility index (Phi) is 7.99. The third-order valence-corrected chi connectivity index (χ3v) is 3.44. The quantitative estimate of drug-likeness (QED) is 0.376. The normalized spacial score (nSPS) is 10.2. The van der Waals surface area contributed by atoms with Gasteiger partial charge in [0.25, 0.3) is 0 Å². The van der Waals surface area contributed by atoms with Crippen LogP contribution >= 0.6 is 11.6 Å². The van der Waals surface area contributed by atoms with Crippen molar-refractivity contribution in [2.24, 2.45) is 0 Å². The zero-order valence-electron chi connectivity index (χ0n) is 14.7. The van der Waals surface area contributed by atoms with Crippen molar-refractivity contribution in [3.63, 3.8) is 0 Å². The lowest BCUT2D eigenvalue weighted by molar-refractivity contribution is 0.0471. The molecule has 1 N–H and O–H groups in total. The van der Waals surface area contributed by atoms with E-state index in [0.717, 1.165) is 11.3 Å². The molecule has 26 heavy (non-hydrogen) atoms. The van der Waals surface area contributed by atoms with Gasteiger partial charge in [0.05, 0.1) is 18.8 Å². The van der Waals surface area contributed by atoms with E-state index in [1.54, 1.807) is 25.1 Å². The highest BCUT2D eigenvalue weighted by molar-refractivity contribution is 6.31. The van der Waals surface area contributed by atoms with E-state index in [0.29, 0.717) is 36.0 Å². The number of esters is 1. The van der Waals surface area contributed by atoms with Crippen molar-refractivity contribution < 1.29 is 19.1 Å². The van der Waals surface area contributed by atoms with Crippen LogP contribution in [0.3, 0.4) is 0 Å². The average molecular weight is 376 g/mol. The molecule has 6 heteroatoms. The average Bonchev–Trinajstić information content (AvgIpc) is 2.62. The molecule has 0 saturated carbocycles. The van der Waals surface area contributed by atoms with Gasteiger partial charge in [-0.2, -0.15) is 0 Å². The topological polar surface area (TPSA) is 56.8 Å². The molecule has 0 heterocycles. The van der Waals surface area contributed by atoms with Gasteiger partial charge in [-0.25, -0.2) is 4.79 Å². The second-order valence-electron chi connectivity index (χ2n) is 5.67. The number of carbonyl (C=O) groups is 1. The summed E-state index contributed by atoms with van der Waals surface area (Å²) in [5.41, 5.74) is 4.68. The van der Waals surface area contributed by atoms with Crippen LogP contribution in [0.5, 0.6) is 5.75 Å². The van der Waals surface area contributed by atoms with Crippen molar-refractivity contribution in [1.82, 2.24) is 5.48 Å². The number of halogens is 1. The summed E-state index contributed by atoms with van der Waals surface area (Å²) in [6.45, 7) is 6.57. The first kappa shape index (κ1) is 19.8. The Hall–Kier alpha value is -2.50. The molecule has 5 nitrogen and oxygen atoms in total. The summed E-state index contributed by atoms with van der Waals surface area (Å²) >= 11 is 6.08. The van der Waals surface area contributed by atoms with Crippen LogP contribution in [-0.2, 0) is 16.2 Å². The van der Waals surface area contributed by atoms with Crippen LogP contribution in [0.25, 0.3) is 0 Å². The molecular weight excluding hydrogens is 354 g/mol. The number of hydrogen-bond donors (Lipinski definition) is 1. The lowest BCUT2D eigenvalue weighted by Gasteiger charge is -2.10. The maximum atomic E-state index is 12.2. The summed E-state index contributed by atoms with van der Waals surface area (Å²) in [7, 11) is 0. The molecular formula is C20H22ClNO4. The molecule has 0 aliphatic heterocycles. The van der Waals surface area contributed by atoms with Crippen molar-refractivity contribution in [1.29, 1.82) is 0 Å². The number of carbonyl (C=O) groups excluding carboxylic acids is 1. The molecule has 0 atom stereocenters. The molecule has 0 bridgehead atoms. The molecule has 0 aromatic heterocycles. The lowest BCUT2D eigenvalue weighted by atomic mass is 10.2. The van der Waals surface area contributed by atoms with E-state index in [1.807, 2.05) is 30.3 Å². The molecule has 0 saturated heterocycles. The predicted molar refractivity (Wildman–Crippen MR) is 101 cm³/mol. The van der Waals surface area contributed by atoms with Crippen molar-refractivity contribution >= 4 is 17.6 Å². The lowest BCUT2D eigenvalue weighted by Crippen LogP contribution is -2.13. The maximum Gasteiger partial charge on any atom is 0.338 e. The molecule has 0 amide bonds. The molecule has 0 unspecified atom stereocenters. The zero-order chi connectivity index (χ0) is 18.8. The highest BCUT2D eigenvalue weighted by atomic mass is 35.5. The third-order valence-electron chi connectivity index (χ3n) is 3.23. The third kappa shape index (κ3) is 7.17. The summed E-state index contributed by atoms with van der Waals surface area (Å²) in [4.78, 5) is 17.4. The van der Waals surface area contributed by atoms with Crippen LogP contribution in [0, 0.1) is 0 Å². The van der Waals surface area contributed by atoms with Gasteiger partial charge in [-0.05, 0) is 30.7 Å². The molecule has 0 radical (unpaired) electrons. The fourth-order valence-electron chi connectivity index (χ4n) is 2.07. The van der Waals surface area contributed by atoms with E-state index >= 15 is 0 Å². The van der Waals surface area contributed by atoms with Crippen molar-refractivity contribution in [3.05, 3.63) is 77.0 Å². The minimum atomic E-state index is -0.449. The Balaban J connectivity index is 1.83. The molecule has 2 aromatic rings. The minimum Gasteiger partial charge on any atom is -0.493 e. The SMILES string of the molecule is C=C(C)NOCCCOc1cc(Cl)cc(C(=O)OCc2ccccc2)c1. The zero-order valence-corrected chi connectivity index (χ0v) is 15.4. The Morgan fingerprint density at radius 3 is 2.65 bits per heavy atom. The van der Waals surface area contributed by atoms with E-state index in [-0.39, 0.29) is 6.61 Å². The summed E-state index contributed by atoms with van der Waals surface area (Å²) in [6, 6.07) is 14.3. The monoisotopic (exact) mass is 375 g/mol. The fourth-order valence-corrected chi connectivity index (χ4v) is 2.29. The number of nitrogens with one attached hydrogen (secondary N) is 1. The Morgan fingerprint density at radius 1 is 1.15 bits per heavy atom. The number of rotatable bonds is 10. The number of ether oxygens (including phenoxy) is 2. The van der Waals surface area contributed by atoms with Crippen molar-refractivity contribution in [2.75, 3.05) is 13.2 Å². The summed E-state index contributed by atoms with van der Waals surface area (Å²) < 4.78 is 10.9. The largest absolute Gasteiger partial charge is 0.493 e. The van der Waals surface area contributed by atoms with Gasteiger partial charge in [0.1, 0.15) is 12.4 Å². The van der Waals surface area contributed by atoms with Crippen LogP contribution in [0.4, 0.5) is 0 Å². The van der Waals surface area contributed by atoms with Gasteiger partial charge in [-0.3, -0.25) is 10.3 Å². The molecule has 138 valence electrons. The van der Waals surface area contributed by atoms with Gasteiger partial charge in [-0.1, -0.05) is 48.5 Å². The standard InChI is InChI=1S/C20H22ClNO4/c1-15(2)22-26-10-6-9-24-19-12-17(11-18(21)13-19)20(23)25-14-16-7-4-3-5-8-16/h3-5,7-8,11-13,22H,1,6,9-10,14H2,2H3. The number of benzene rings is 2. The van der Waals surface area contributed by atoms with E-state index in [1.165, 1.54) is 0 Å². The Labute approximate surface area is 158 Å². The number of allylic oxidation sites excluding steroid dienone is 1. The molecule has 2 rings (SSSR count). The Bertz CT molecular complexity index is 734. The van der Waals surface area contributed by atoms with Gasteiger partial charge in [0.2, 0.25) is 0 Å². The minimum absolute atomic E-state index is 0.204. The second kappa shape index (κ2) is 10.5. The number of hydroxylamine groups is 1. The smallest absolute Gasteiger partial charge is 0.338 e. The number of hydrogen-bond acceptors (Lipinski definition) is 5. The highest BCUT2D eigenvalue weighted by Gasteiger charge is 2.11. The van der Waals surface area contributed by atoms with Crippen LogP contribution in [0.1, 0.15) is 29.3 Å². The molecule has 0 fully saturated rings. The molecule has 0 spiro atoms. The van der Waals surface area contributed by atoms with Gasteiger partial charge in [-0.15, -0.1) is 0 Å². The molecule has 0 aliphatic rings. The first-order valence-corrected chi connectivity index (χ1v) is 8.60. The highest BCUT2D eigenvalue weighted by Crippen LogP contribution is 2.22. The van der Waals surface area contributed by atoms with Crippen molar-refractivity contribution in [2.45, 2.75) is 20.0 Å². The summed E-state index contributed by atoms with van der Waals surface area (Å²) in [5, 5.41) is 0.411. The first-order chi connectivity index (χ1) is 12.5. The summed E-state index contributed by atoms with van der Waals surface area (Å²) in [5.74, 6) is 0.0622. The second-order valence-corrected chi connectivity index (χ2v) is 6.11. The van der Waals surface area contributed by atoms with E-state index < -0.39 is 5.97 Å². The predicted octanol–water partition coefficient (Wildman–Crippen LogP) is 4.52. The molecule has 0 aliphatic carbocycles. The molecule has 2 aromatic carbocycles. The van der Waals surface area contributed by atoms with Gasteiger partial charge >= 0.3 is 5.97 Å². The van der Waals surface area contributed by atoms with Gasteiger partial charge in [0, 0.05) is 17.1 Å². The van der Waals surface area contributed by atoms with Crippen molar-refractivity contribution in [3.8, 4) is 5.75 Å². The van der Waals surface area contributed by atoms with E-state index in [9.17, 15) is 4.79 Å². The van der Waals surface area contributed by atoms with E-state index in [2.05, 4.69) is 12.1 Å².